The van der Waals surface area contributed by atoms with Crippen LogP contribution in [-0.2, 0) is 6.54 Å². The topological polar surface area (TPSA) is 48.1 Å². The summed E-state index contributed by atoms with van der Waals surface area (Å²) in [5.41, 5.74) is 1.21. The van der Waals surface area contributed by atoms with E-state index in [1.807, 2.05) is 5.38 Å². The summed E-state index contributed by atoms with van der Waals surface area (Å²) in [6, 6.07) is 0. The molecule has 1 aromatic heterocycles. The SMILES string of the molecule is CC1(C)CN(Cc2csc(=O)[nH]2)CCN1. The summed E-state index contributed by atoms with van der Waals surface area (Å²) < 4.78 is 0. The fraction of sp³-hybridized carbons (Fsp3) is 0.700. The fourth-order valence-electron chi connectivity index (χ4n) is 2.01. The quantitative estimate of drug-likeness (QED) is 0.778. The van der Waals surface area contributed by atoms with Crippen molar-refractivity contribution in [2.45, 2.75) is 25.9 Å². The summed E-state index contributed by atoms with van der Waals surface area (Å²) in [5, 5.41) is 5.38. The van der Waals surface area contributed by atoms with Gasteiger partial charge in [-0.3, -0.25) is 9.69 Å². The molecule has 1 fully saturated rings. The highest BCUT2D eigenvalue weighted by Gasteiger charge is 2.25. The third kappa shape index (κ3) is 2.90. The molecule has 1 aliphatic rings. The first kappa shape index (κ1) is 10.9. The molecule has 0 radical (unpaired) electrons. The average Bonchev–Trinajstić information content (AvgIpc) is 2.49. The maximum atomic E-state index is 11.0. The van der Waals surface area contributed by atoms with Crippen molar-refractivity contribution in [1.29, 1.82) is 0 Å². The lowest BCUT2D eigenvalue weighted by molar-refractivity contribution is 0.147. The minimum absolute atomic E-state index is 0.0411. The smallest absolute Gasteiger partial charge is 0.304 e. The van der Waals surface area contributed by atoms with E-state index in [0.717, 1.165) is 31.9 Å². The molecule has 15 heavy (non-hydrogen) atoms. The minimum atomic E-state index is 0.0411. The molecule has 0 atom stereocenters. The van der Waals surface area contributed by atoms with Gasteiger partial charge in [0, 0.05) is 42.8 Å². The van der Waals surface area contributed by atoms with E-state index < -0.39 is 0 Å². The molecule has 5 heteroatoms. The van der Waals surface area contributed by atoms with Crippen molar-refractivity contribution in [3.63, 3.8) is 0 Å². The molecule has 2 rings (SSSR count). The van der Waals surface area contributed by atoms with Crippen LogP contribution in [0, 0.1) is 0 Å². The lowest BCUT2D eigenvalue weighted by Crippen LogP contribution is -2.56. The van der Waals surface area contributed by atoms with Gasteiger partial charge in [0.1, 0.15) is 0 Å². The molecule has 2 heterocycles. The van der Waals surface area contributed by atoms with Crippen LogP contribution >= 0.6 is 11.3 Å². The molecule has 0 aliphatic carbocycles. The van der Waals surface area contributed by atoms with Crippen molar-refractivity contribution < 1.29 is 0 Å². The van der Waals surface area contributed by atoms with E-state index in [2.05, 4.69) is 29.0 Å². The molecule has 0 spiro atoms. The molecule has 0 unspecified atom stereocenters. The molecule has 1 aromatic rings. The second-order valence-corrected chi connectivity index (χ2v) is 5.54. The number of piperazine rings is 1. The zero-order valence-electron chi connectivity index (χ0n) is 9.17. The molecular formula is C10H17N3OS. The average molecular weight is 227 g/mol. The number of rotatable bonds is 2. The van der Waals surface area contributed by atoms with Gasteiger partial charge in [0.15, 0.2) is 0 Å². The zero-order valence-corrected chi connectivity index (χ0v) is 9.99. The van der Waals surface area contributed by atoms with E-state index in [1.54, 1.807) is 0 Å². The van der Waals surface area contributed by atoms with Gasteiger partial charge in [0.05, 0.1) is 0 Å². The van der Waals surface area contributed by atoms with Gasteiger partial charge in [0.2, 0.25) is 0 Å². The summed E-state index contributed by atoms with van der Waals surface area (Å²) in [4.78, 5) is 16.3. The number of H-pyrrole nitrogens is 1. The van der Waals surface area contributed by atoms with Gasteiger partial charge < -0.3 is 10.3 Å². The summed E-state index contributed by atoms with van der Waals surface area (Å²) >= 11 is 1.24. The highest BCUT2D eigenvalue weighted by Crippen LogP contribution is 2.12. The third-order valence-electron chi connectivity index (χ3n) is 2.62. The van der Waals surface area contributed by atoms with E-state index in [-0.39, 0.29) is 10.4 Å². The van der Waals surface area contributed by atoms with Crippen molar-refractivity contribution >= 4 is 11.3 Å². The van der Waals surface area contributed by atoms with Gasteiger partial charge >= 0.3 is 4.87 Å². The normalized spacial score (nSPS) is 21.7. The first-order valence-electron chi connectivity index (χ1n) is 5.19. The molecule has 2 N–H and O–H groups in total. The van der Waals surface area contributed by atoms with Crippen LogP contribution in [0.2, 0.25) is 0 Å². The Hall–Kier alpha value is -0.650. The molecule has 4 nitrogen and oxygen atoms in total. The maximum absolute atomic E-state index is 11.0. The van der Waals surface area contributed by atoms with Crippen LogP contribution in [0.5, 0.6) is 0 Å². The van der Waals surface area contributed by atoms with Crippen LogP contribution in [0.1, 0.15) is 19.5 Å². The van der Waals surface area contributed by atoms with Crippen molar-refractivity contribution in [3.05, 3.63) is 20.7 Å². The van der Waals surface area contributed by atoms with Crippen molar-refractivity contribution in [2.24, 2.45) is 0 Å². The predicted octanol–water partition coefficient (Wildman–Crippen LogP) is 0.620. The number of aromatic nitrogens is 1. The number of aromatic amines is 1. The largest absolute Gasteiger partial charge is 0.315 e. The second kappa shape index (κ2) is 4.08. The number of nitrogens with zero attached hydrogens (tertiary/aromatic N) is 1. The Morgan fingerprint density at radius 2 is 2.40 bits per heavy atom. The molecule has 1 aliphatic heterocycles. The molecule has 84 valence electrons. The van der Waals surface area contributed by atoms with Crippen LogP contribution in [0.15, 0.2) is 10.2 Å². The predicted molar refractivity (Wildman–Crippen MR) is 62.3 cm³/mol. The Kier molecular flexibility index (Phi) is 2.95. The first-order chi connectivity index (χ1) is 7.05. The van der Waals surface area contributed by atoms with Gasteiger partial charge in [-0.25, -0.2) is 0 Å². The highest BCUT2D eigenvalue weighted by atomic mass is 32.1. The standard InChI is InChI=1S/C10H17N3OS/c1-10(2)7-13(4-3-11-10)5-8-6-15-9(14)12-8/h6,11H,3-5,7H2,1-2H3,(H,12,14). The van der Waals surface area contributed by atoms with E-state index in [1.165, 1.54) is 11.3 Å². The second-order valence-electron chi connectivity index (χ2n) is 4.69. The molecule has 0 amide bonds. The lowest BCUT2D eigenvalue weighted by Gasteiger charge is -2.38. The first-order valence-corrected chi connectivity index (χ1v) is 6.07. The van der Waals surface area contributed by atoms with Gasteiger partial charge in [-0.15, -0.1) is 0 Å². The van der Waals surface area contributed by atoms with E-state index in [4.69, 9.17) is 0 Å². The van der Waals surface area contributed by atoms with Gasteiger partial charge in [-0.05, 0) is 13.8 Å². The van der Waals surface area contributed by atoms with Gasteiger partial charge in [-0.2, -0.15) is 0 Å². The highest BCUT2D eigenvalue weighted by molar-refractivity contribution is 7.07. The molecule has 0 saturated carbocycles. The Bertz CT molecular complexity index is 382. The molecule has 0 bridgehead atoms. The summed E-state index contributed by atoms with van der Waals surface area (Å²) in [6.45, 7) is 8.34. The van der Waals surface area contributed by atoms with Crippen LogP contribution < -0.4 is 10.2 Å². The van der Waals surface area contributed by atoms with Crippen LogP contribution in [0.3, 0.4) is 0 Å². The van der Waals surface area contributed by atoms with Crippen molar-refractivity contribution in [3.8, 4) is 0 Å². The van der Waals surface area contributed by atoms with Crippen molar-refractivity contribution in [2.75, 3.05) is 19.6 Å². The minimum Gasteiger partial charge on any atom is -0.315 e. The van der Waals surface area contributed by atoms with Gasteiger partial charge in [0.25, 0.3) is 0 Å². The summed E-state index contributed by atoms with van der Waals surface area (Å²) in [6.07, 6.45) is 0. The Morgan fingerprint density at radius 3 is 3.00 bits per heavy atom. The maximum Gasteiger partial charge on any atom is 0.304 e. The summed E-state index contributed by atoms with van der Waals surface area (Å²) in [5.74, 6) is 0. The summed E-state index contributed by atoms with van der Waals surface area (Å²) in [7, 11) is 0. The third-order valence-corrected chi connectivity index (χ3v) is 3.33. The van der Waals surface area contributed by atoms with E-state index in [9.17, 15) is 4.79 Å². The van der Waals surface area contributed by atoms with Crippen LogP contribution in [0.4, 0.5) is 0 Å². The Labute approximate surface area is 93.3 Å². The molecule has 0 aromatic carbocycles. The van der Waals surface area contributed by atoms with E-state index >= 15 is 0 Å². The molecule has 1 saturated heterocycles. The van der Waals surface area contributed by atoms with Crippen LogP contribution in [0.25, 0.3) is 0 Å². The number of hydrogen-bond donors (Lipinski definition) is 2. The van der Waals surface area contributed by atoms with Gasteiger partial charge in [-0.1, -0.05) is 11.3 Å². The number of hydrogen-bond acceptors (Lipinski definition) is 4. The zero-order chi connectivity index (χ0) is 10.9. The Balaban J connectivity index is 1.97. The fourth-order valence-corrected chi connectivity index (χ4v) is 2.59. The monoisotopic (exact) mass is 227 g/mol. The van der Waals surface area contributed by atoms with Crippen molar-refractivity contribution in [1.82, 2.24) is 15.2 Å². The van der Waals surface area contributed by atoms with E-state index in [0.29, 0.717) is 0 Å². The number of nitrogens with one attached hydrogen (secondary N) is 2. The number of thiazole rings is 1. The lowest BCUT2D eigenvalue weighted by atomic mass is 10.0. The van der Waals surface area contributed by atoms with Crippen LogP contribution in [-0.4, -0.2) is 35.1 Å². The Morgan fingerprint density at radius 1 is 1.60 bits per heavy atom. The molecular weight excluding hydrogens is 210 g/mol.